The molecular formula is C17H16ClFN2O4S. The molecule has 2 aromatic rings. The molecule has 1 unspecified atom stereocenters. The molecule has 1 aliphatic rings. The van der Waals surface area contributed by atoms with Gasteiger partial charge in [-0.15, -0.1) is 0 Å². The fourth-order valence-electron chi connectivity index (χ4n) is 2.78. The first-order chi connectivity index (χ1) is 12.3. The van der Waals surface area contributed by atoms with Crippen LogP contribution < -0.4 is 14.4 Å². The number of amides is 1. The number of ether oxygens (including phenoxy) is 1. The molecule has 1 fully saturated rings. The first kappa shape index (κ1) is 18.6. The second-order valence-electron chi connectivity index (χ2n) is 5.72. The van der Waals surface area contributed by atoms with E-state index in [1.54, 1.807) is 0 Å². The summed E-state index contributed by atoms with van der Waals surface area (Å²) < 4.78 is 45.9. The van der Waals surface area contributed by atoms with Crippen LogP contribution in [0.4, 0.5) is 10.1 Å². The molecule has 3 rings (SSSR count). The Kier molecular flexibility index (Phi) is 5.17. The molecular weight excluding hydrogens is 383 g/mol. The standard InChI is InChI=1S/C17H16ClFN2O4S/c1-25-15-7-2-11(18)10-16(15)26(23,24)20-14-8-9-21(17(14)22)13-5-3-12(19)4-6-13/h2-7,10,14,20H,8-9H2,1H3. The third-order valence-electron chi connectivity index (χ3n) is 4.06. The third-order valence-corrected chi connectivity index (χ3v) is 5.78. The average Bonchev–Trinajstić information content (AvgIpc) is 2.96. The van der Waals surface area contributed by atoms with Crippen molar-refractivity contribution in [3.63, 3.8) is 0 Å². The summed E-state index contributed by atoms with van der Waals surface area (Å²) in [6.45, 7) is 0.324. The van der Waals surface area contributed by atoms with Crippen molar-refractivity contribution in [2.75, 3.05) is 18.6 Å². The summed E-state index contributed by atoms with van der Waals surface area (Å²) in [4.78, 5) is 13.8. The predicted octanol–water partition coefficient (Wildman–Crippen LogP) is 2.57. The van der Waals surface area contributed by atoms with Crippen molar-refractivity contribution >= 4 is 33.2 Å². The minimum Gasteiger partial charge on any atom is -0.495 e. The summed E-state index contributed by atoms with van der Waals surface area (Å²) in [5.41, 5.74) is 0.512. The smallest absolute Gasteiger partial charge is 0.245 e. The molecule has 1 amide bonds. The molecule has 1 atom stereocenters. The van der Waals surface area contributed by atoms with E-state index in [2.05, 4.69) is 4.72 Å². The van der Waals surface area contributed by atoms with Crippen molar-refractivity contribution in [1.82, 2.24) is 4.72 Å². The van der Waals surface area contributed by atoms with Crippen LogP contribution in [0.25, 0.3) is 0 Å². The molecule has 1 heterocycles. The zero-order valence-corrected chi connectivity index (χ0v) is 15.3. The van der Waals surface area contributed by atoms with Crippen LogP contribution in [0.2, 0.25) is 5.02 Å². The Balaban J connectivity index is 1.82. The number of hydrogen-bond acceptors (Lipinski definition) is 4. The highest BCUT2D eigenvalue weighted by atomic mass is 35.5. The number of methoxy groups -OCH3 is 1. The van der Waals surface area contributed by atoms with Gasteiger partial charge in [0, 0.05) is 17.3 Å². The number of carbonyl (C=O) groups excluding carboxylic acids is 1. The zero-order valence-electron chi connectivity index (χ0n) is 13.8. The van der Waals surface area contributed by atoms with Crippen molar-refractivity contribution < 1.29 is 22.3 Å². The third kappa shape index (κ3) is 3.67. The number of sulfonamides is 1. The van der Waals surface area contributed by atoms with E-state index in [9.17, 15) is 17.6 Å². The van der Waals surface area contributed by atoms with Crippen LogP contribution in [0.5, 0.6) is 5.75 Å². The van der Waals surface area contributed by atoms with Gasteiger partial charge in [-0.2, -0.15) is 4.72 Å². The number of benzene rings is 2. The predicted molar refractivity (Wildman–Crippen MR) is 95.5 cm³/mol. The maximum atomic E-state index is 13.0. The minimum absolute atomic E-state index is 0.128. The van der Waals surface area contributed by atoms with Crippen LogP contribution in [-0.4, -0.2) is 34.0 Å². The average molecular weight is 399 g/mol. The molecule has 1 saturated heterocycles. The van der Waals surface area contributed by atoms with Crippen LogP contribution in [-0.2, 0) is 14.8 Å². The summed E-state index contributed by atoms with van der Waals surface area (Å²) in [6.07, 6.45) is 0.290. The van der Waals surface area contributed by atoms with E-state index in [1.807, 2.05) is 0 Å². The van der Waals surface area contributed by atoms with Crippen molar-refractivity contribution in [2.45, 2.75) is 17.4 Å². The van der Waals surface area contributed by atoms with Crippen LogP contribution >= 0.6 is 11.6 Å². The van der Waals surface area contributed by atoms with E-state index in [0.717, 1.165) is 0 Å². The molecule has 0 spiro atoms. The van der Waals surface area contributed by atoms with E-state index < -0.39 is 27.8 Å². The van der Waals surface area contributed by atoms with E-state index in [1.165, 1.54) is 54.5 Å². The summed E-state index contributed by atoms with van der Waals surface area (Å²) >= 11 is 5.89. The van der Waals surface area contributed by atoms with Crippen LogP contribution in [0.1, 0.15) is 6.42 Å². The molecule has 1 N–H and O–H groups in total. The molecule has 6 nitrogen and oxygen atoms in total. The summed E-state index contributed by atoms with van der Waals surface area (Å²) in [5, 5.41) is 0.233. The molecule has 0 aromatic heterocycles. The normalized spacial score (nSPS) is 17.6. The summed E-state index contributed by atoms with van der Waals surface area (Å²) in [5.74, 6) is -0.686. The highest BCUT2D eigenvalue weighted by Gasteiger charge is 2.36. The number of nitrogens with zero attached hydrogens (tertiary/aromatic N) is 1. The molecule has 0 radical (unpaired) electrons. The van der Waals surface area contributed by atoms with E-state index in [0.29, 0.717) is 18.7 Å². The van der Waals surface area contributed by atoms with Crippen molar-refractivity contribution in [3.8, 4) is 5.75 Å². The Morgan fingerprint density at radius 3 is 2.58 bits per heavy atom. The van der Waals surface area contributed by atoms with Gasteiger partial charge in [0.25, 0.3) is 0 Å². The van der Waals surface area contributed by atoms with Crippen LogP contribution in [0.15, 0.2) is 47.4 Å². The van der Waals surface area contributed by atoms with Gasteiger partial charge >= 0.3 is 0 Å². The topological polar surface area (TPSA) is 75.7 Å². The minimum atomic E-state index is -4.02. The first-order valence-electron chi connectivity index (χ1n) is 7.74. The Bertz CT molecular complexity index is 934. The van der Waals surface area contributed by atoms with Gasteiger partial charge in [-0.25, -0.2) is 12.8 Å². The molecule has 26 heavy (non-hydrogen) atoms. The van der Waals surface area contributed by atoms with E-state index in [4.69, 9.17) is 16.3 Å². The lowest BCUT2D eigenvalue weighted by molar-refractivity contribution is -0.118. The van der Waals surface area contributed by atoms with Crippen LogP contribution in [0.3, 0.4) is 0 Å². The Labute approximate surface area is 155 Å². The summed E-state index contributed by atoms with van der Waals surface area (Å²) in [7, 11) is -2.67. The molecule has 0 saturated carbocycles. The maximum Gasteiger partial charge on any atom is 0.245 e. The van der Waals surface area contributed by atoms with Crippen molar-refractivity contribution in [3.05, 3.63) is 53.3 Å². The maximum absolute atomic E-state index is 13.0. The van der Waals surface area contributed by atoms with Gasteiger partial charge in [0.2, 0.25) is 15.9 Å². The fourth-order valence-corrected chi connectivity index (χ4v) is 4.43. The molecule has 2 aromatic carbocycles. The van der Waals surface area contributed by atoms with Gasteiger partial charge in [0.15, 0.2) is 0 Å². The highest BCUT2D eigenvalue weighted by Crippen LogP contribution is 2.28. The molecule has 9 heteroatoms. The zero-order chi connectivity index (χ0) is 18.9. The van der Waals surface area contributed by atoms with Gasteiger partial charge in [-0.05, 0) is 48.9 Å². The molecule has 138 valence electrons. The molecule has 0 bridgehead atoms. The van der Waals surface area contributed by atoms with Crippen molar-refractivity contribution in [2.24, 2.45) is 0 Å². The van der Waals surface area contributed by atoms with E-state index in [-0.39, 0.29) is 15.7 Å². The lowest BCUT2D eigenvalue weighted by atomic mass is 10.3. The number of rotatable bonds is 5. The Morgan fingerprint density at radius 2 is 1.92 bits per heavy atom. The highest BCUT2D eigenvalue weighted by molar-refractivity contribution is 7.89. The Morgan fingerprint density at radius 1 is 1.23 bits per heavy atom. The summed E-state index contributed by atoms with van der Waals surface area (Å²) in [6, 6.07) is 8.74. The molecule has 1 aliphatic heterocycles. The van der Waals surface area contributed by atoms with Gasteiger partial charge < -0.3 is 9.64 Å². The number of carbonyl (C=O) groups is 1. The second kappa shape index (κ2) is 7.22. The van der Waals surface area contributed by atoms with Gasteiger partial charge in [-0.3, -0.25) is 4.79 Å². The number of halogens is 2. The quantitative estimate of drug-likeness (QED) is 0.839. The Hall–Kier alpha value is -2.16. The number of hydrogen-bond donors (Lipinski definition) is 1. The molecule has 0 aliphatic carbocycles. The van der Waals surface area contributed by atoms with Gasteiger partial charge in [-0.1, -0.05) is 11.6 Å². The van der Waals surface area contributed by atoms with Crippen LogP contribution in [0, 0.1) is 5.82 Å². The number of nitrogens with one attached hydrogen (secondary N) is 1. The lowest BCUT2D eigenvalue weighted by Crippen LogP contribution is -2.41. The van der Waals surface area contributed by atoms with E-state index >= 15 is 0 Å². The lowest BCUT2D eigenvalue weighted by Gasteiger charge is -2.18. The van der Waals surface area contributed by atoms with Gasteiger partial charge in [0.05, 0.1) is 7.11 Å². The first-order valence-corrected chi connectivity index (χ1v) is 9.61. The van der Waals surface area contributed by atoms with Crippen molar-refractivity contribution in [1.29, 1.82) is 0 Å². The number of anilines is 1. The largest absolute Gasteiger partial charge is 0.495 e. The second-order valence-corrected chi connectivity index (χ2v) is 7.84. The fraction of sp³-hybridized carbons (Fsp3) is 0.235. The monoisotopic (exact) mass is 398 g/mol. The van der Waals surface area contributed by atoms with Gasteiger partial charge in [0.1, 0.15) is 22.5 Å². The SMILES string of the molecule is COc1ccc(Cl)cc1S(=O)(=O)NC1CCN(c2ccc(F)cc2)C1=O.